The number of nitrogens with zero attached hydrogens (tertiary/aromatic N) is 1. The second-order valence-corrected chi connectivity index (χ2v) is 4.78. The van der Waals surface area contributed by atoms with E-state index in [1.54, 1.807) is 7.11 Å². The first-order valence-corrected chi connectivity index (χ1v) is 6.40. The molecule has 0 aliphatic rings. The van der Waals surface area contributed by atoms with Crippen molar-refractivity contribution in [3.05, 3.63) is 46.8 Å². The molecule has 0 saturated carbocycles. The number of nitrogens with one attached hydrogen (secondary N) is 1. The molecule has 1 unspecified atom stereocenters. The van der Waals surface area contributed by atoms with Crippen molar-refractivity contribution in [2.45, 2.75) is 33.4 Å². The third kappa shape index (κ3) is 3.35. The van der Waals surface area contributed by atoms with E-state index in [0.717, 1.165) is 22.8 Å². The minimum absolute atomic E-state index is 0.181. The van der Waals surface area contributed by atoms with Crippen LogP contribution in [-0.4, -0.2) is 12.3 Å². The molecule has 0 aliphatic heterocycles. The first kappa shape index (κ1) is 13.6. The van der Waals surface area contributed by atoms with E-state index in [9.17, 15) is 0 Å². The van der Waals surface area contributed by atoms with Crippen molar-refractivity contribution >= 4 is 0 Å². The average molecular weight is 260 g/mol. The van der Waals surface area contributed by atoms with E-state index in [-0.39, 0.29) is 6.04 Å². The highest BCUT2D eigenvalue weighted by Crippen LogP contribution is 2.26. The summed E-state index contributed by atoms with van der Waals surface area (Å²) in [5, 5.41) is 7.29. The van der Waals surface area contributed by atoms with Crippen molar-refractivity contribution in [3.8, 4) is 5.75 Å². The lowest BCUT2D eigenvalue weighted by molar-refractivity contribution is 0.359. The molecule has 4 nitrogen and oxygen atoms in total. The minimum Gasteiger partial charge on any atom is -0.496 e. The van der Waals surface area contributed by atoms with Crippen molar-refractivity contribution in [3.63, 3.8) is 0 Å². The van der Waals surface area contributed by atoms with E-state index >= 15 is 0 Å². The quantitative estimate of drug-likeness (QED) is 0.897. The Hall–Kier alpha value is -1.81. The van der Waals surface area contributed by atoms with Gasteiger partial charge in [0.2, 0.25) is 0 Å². The molecule has 0 saturated heterocycles. The van der Waals surface area contributed by atoms with Gasteiger partial charge in [-0.2, -0.15) is 0 Å². The van der Waals surface area contributed by atoms with Gasteiger partial charge < -0.3 is 14.6 Å². The zero-order chi connectivity index (χ0) is 13.8. The summed E-state index contributed by atoms with van der Waals surface area (Å²) in [6, 6.07) is 8.31. The SMILES string of the molecule is COc1ccc(C)cc1C(C)NCc1cc(C)no1. The monoisotopic (exact) mass is 260 g/mol. The van der Waals surface area contributed by atoms with Crippen LogP contribution in [0.4, 0.5) is 0 Å². The first-order valence-electron chi connectivity index (χ1n) is 6.40. The standard InChI is InChI=1S/C15H20N2O2/c1-10-5-6-15(18-4)14(7-10)12(3)16-9-13-8-11(2)17-19-13/h5-8,12,16H,9H2,1-4H3. The molecule has 1 aromatic heterocycles. The summed E-state index contributed by atoms with van der Waals surface area (Å²) >= 11 is 0. The number of hydrogen-bond donors (Lipinski definition) is 1. The van der Waals surface area contributed by atoms with Gasteiger partial charge in [-0.1, -0.05) is 22.9 Å². The smallest absolute Gasteiger partial charge is 0.150 e. The molecule has 0 aliphatic carbocycles. The Balaban J connectivity index is 2.06. The predicted molar refractivity (Wildman–Crippen MR) is 74.2 cm³/mol. The third-order valence-corrected chi connectivity index (χ3v) is 3.11. The van der Waals surface area contributed by atoms with E-state index in [1.165, 1.54) is 5.56 Å². The van der Waals surface area contributed by atoms with Gasteiger partial charge in [-0.25, -0.2) is 0 Å². The van der Waals surface area contributed by atoms with Gasteiger partial charge in [-0.3, -0.25) is 0 Å². The van der Waals surface area contributed by atoms with Crippen molar-refractivity contribution in [2.24, 2.45) is 0 Å². The fourth-order valence-corrected chi connectivity index (χ4v) is 2.06. The second-order valence-electron chi connectivity index (χ2n) is 4.78. The highest BCUT2D eigenvalue weighted by molar-refractivity contribution is 5.38. The fraction of sp³-hybridized carbons (Fsp3) is 0.400. The molecule has 2 rings (SSSR count). The van der Waals surface area contributed by atoms with Crippen LogP contribution in [0.5, 0.6) is 5.75 Å². The van der Waals surface area contributed by atoms with Gasteiger partial charge in [-0.15, -0.1) is 0 Å². The normalized spacial score (nSPS) is 12.4. The number of aryl methyl sites for hydroxylation is 2. The van der Waals surface area contributed by atoms with E-state index in [1.807, 2.05) is 19.1 Å². The summed E-state index contributed by atoms with van der Waals surface area (Å²) in [6.07, 6.45) is 0. The van der Waals surface area contributed by atoms with Crippen molar-refractivity contribution in [1.82, 2.24) is 10.5 Å². The van der Waals surface area contributed by atoms with Crippen LogP contribution in [0.15, 0.2) is 28.8 Å². The van der Waals surface area contributed by atoms with E-state index in [4.69, 9.17) is 9.26 Å². The molecular formula is C15H20N2O2. The maximum absolute atomic E-state index is 5.40. The van der Waals surface area contributed by atoms with E-state index in [0.29, 0.717) is 6.54 Å². The van der Waals surface area contributed by atoms with E-state index in [2.05, 4.69) is 36.5 Å². The highest BCUT2D eigenvalue weighted by Gasteiger charge is 2.12. The topological polar surface area (TPSA) is 47.3 Å². The summed E-state index contributed by atoms with van der Waals surface area (Å²) in [5.41, 5.74) is 3.27. The average Bonchev–Trinajstić information content (AvgIpc) is 2.81. The van der Waals surface area contributed by atoms with Crippen LogP contribution in [0.25, 0.3) is 0 Å². The van der Waals surface area contributed by atoms with Crippen molar-refractivity contribution in [2.75, 3.05) is 7.11 Å². The van der Waals surface area contributed by atoms with Crippen LogP contribution < -0.4 is 10.1 Å². The summed E-state index contributed by atoms with van der Waals surface area (Å²) in [5.74, 6) is 1.75. The van der Waals surface area contributed by atoms with Crippen LogP contribution in [0, 0.1) is 13.8 Å². The number of aromatic nitrogens is 1. The molecular weight excluding hydrogens is 240 g/mol. The largest absolute Gasteiger partial charge is 0.496 e. The van der Waals surface area contributed by atoms with Crippen LogP contribution in [0.2, 0.25) is 0 Å². The van der Waals surface area contributed by atoms with Gasteiger partial charge in [0.15, 0.2) is 5.76 Å². The molecule has 1 aromatic carbocycles. The molecule has 102 valence electrons. The molecule has 0 fully saturated rings. The summed E-state index contributed by atoms with van der Waals surface area (Å²) in [6.45, 7) is 6.76. The summed E-state index contributed by atoms with van der Waals surface area (Å²) in [7, 11) is 1.70. The third-order valence-electron chi connectivity index (χ3n) is 3.11. The molecule has 1 heterocycles. The maximum Gasteiger partial charge on any atom is 0.150 e. The molecule has 1 atom stereocenters. The molecule has 2 aromatic rings. The molecule has 1 N–H and O–H groups in total. The molecule has 0 radical (unpaired) electrons. The highest BCUT2D eigenvalue weighted by atomic mass is 16.5. The zero-order valence-corrected chi connectivity index (χ0v) is 11.9. The number of hydrogen-bond acceptors (Lipinski definition) is 4. The maximum atomic E-state index is 5.40. The van der Waals surface area contributed by atoms with Gasteiger partial charge in [0.1, 0.15) is 5.75 Å². The lowest BCUT2D eigenvalue weighted by Gasteiger charge is -2.17. The molecule has 0 spiro atoms. The lowest BCUT2D eigenvalue weighted by Crippen LogP contribution is -2.18. The van der Waals surface area contributed by atoms with E-state index < -0.39 is 0 Å². The Morgan fingerprint density at radius 3 is 2.74 bits per heavy atom. The molecule has 0 bridgehead atoms. The number of rotatable bonds is 5. The van der Waals surface area contributed by atoms with Gasteiger partial charge in [0, 0.05) is 17.7 Å². The fourth-order valence-electron chi connectivity index (χ4n) is 2.06. The van der Waals surface area contributed by atoms with Crippen LogP contribution in [0.1, 0.15) is 35.5 Å². The Kier molecular flexibility index (Phi) is 4.22. The molecule has 0 amide bonds. The first-order chi connectivity index (χ1) is 9.10. The molecule has 19 heavy (non-hydrogen) atoms. The van der Waals surface area contributed by atoms with Gasteiger partial charge in [0.05, 0.1) is 19.3 Å². The Bertz CT molecular complexity index is 549. The molecule has 4 heteroatoms. The lowest BCUT2D eigenvalue weighted by atomic mass is 10.0. The Labute approximate surface area is 113 Å². The van der Waals surface area contributed by atoms with Gasteiger partial charge >= 0.3 is 0 Å². The van der Waals surface area contributed by atoms with Crippen LogP contribution in [0.3, 0.4) is 0 Å². The van der Waals surface area contributed by atoms with Gasteiger partial charge in [-0.05, 0) is 26.8 Å². The number of benzene rings is 1. The summed E-state index contributed by atoms with van der Waals surface area (Å²) in [4.78, 5) is 0. The summed E-state index contributed by atoms with van der Waals surface area (Å²) < 4.78 is 10.6. The second kappa shape index (κ2) is 5.89. The van der Waals surface area contributed by atoms with Crippen LogP contribution in [-0.2, 0) is 6.54 Å². The van der Waals surface area contributed by atoms with Gasteiger partial charge in [0.25, 0.3) is 0 Å². The minimum atomic E-state index is 0.181. The Morgan fingerprint density at radius 2 is 2.11 bits per heavy atom. The van der Waals surface area contributed by atoms with Crippen molar-refractivity contribution < 1.29 is 9.26 Å². The predicted octanol–water partition coefficient (Wildman–Crippen LogP) is 3.15. The van der Waals surface area contributed by atoms with Crippen molar-refractivity contribution in [1.29, 1.82) is 0 Å². The number of methoxy groups -OCH3 is 1. The number of ether oxygens (including phenoxy) is 1. The Morgan fingerprint density at radius 1 is 1.32 bits per heavy atom. The van der Waals surface area contributed by atoms with Crippen LogP contribution >= 0.6 is 0 Å². The zero-order valence-electron chi connectivity index (χ0n) is 11.9.